The SMILES string of the molecule is O=c1cccc2n1[C@H]1C[C@H](C2)CN(Cc2nc(-c3cccnc3Cl)no2)C1. The summed E-state index contributed by atoms with van der Waals surface area (Å²) in [5, 5.41) is 4.40. The first-order valence-electron chi connectivity index (χ1n) is 9.03. The zero-order valence-electron chi connectivity index (χ0n) is 14.6. The molecule has 27 heavy (non-hydrogen) atoms. The Bertz CT molecular complexity index is 1050. The lowest BCUT2D eigenvalue weighted by Gasteiger charge is -2.42. The van der Waals surface area contributed by atoms with Gasteiger partial charge in [0, 0.05) is 37.1 Å². The van der Waals surface area contributed by atoms with Gasteiger partial charge >= 0.3 is 0 Å². The first-order valence-corrected chi connectivity index (χ1v) is 9.41. The zero-order chi connectivity index (χ0) is 18.4. The van der Waals surface area contributed by atoms with Crippen LogP contribution in [-0.4, -0.2) is 37.7 Å². The van der Waals surface area contributed by atoms with Crippen molar-refractivity contribution in [3.63, 3.8) is 0 Å². The summed E-state index contributed by atoms with van der Waals surface area (Å²) in [7, 11) is 0. The van der Waals surface area contributed by atoms with Crippen LogP contribution in [-0.2, 0) is 13.0 Å². The van der Waals surface area contributed by atoms with Crippen molar-refractivity contribution in [2.75, 3.05) is 13.1 Å². The monoisotopic (exact) mass is 383 g/mol. The number of piperidine rings is 1. The molecule has 8 heteroatoms. The van der Waals surface area contributed by atoms with Crippen LogP contribution in [0.4, 0.5) is 0 Å². The summed E-state index contributed by atoms with van der Waals surface area (Å²) in [6.07, 6.45) is 3.61. The van der Waals surface area contributed by atoms with Crippen LogP contribution >= 0.6 is 11.6 Å². The van der Waals surface area contributed by atoms with Crippen LogP contribution in [0.3, 0.4) is 0 Å². The fourth-order valence-electron chi connectivity index (χ4n) is 4.33. The Morgan fingerprint density at radius 3 is 3.04 bits per heavy atom. The van der Waals surface area contributed by atoms with Crippen LogP contribution in [0.5, 0.6) is 0 Å². The average molecular weight is 384 g/mol. The van der Waals surface area contributed by atoms with Gasteiger partial charge in [0.1, 0.15) is 5.15 Å². The molecule has 2 aliphatic heterocycles. The standard InChI is InChI=1S/C19H18ClN5O2/c20-18-15(4-2-6-21-18)19-22-16(27-23-19)11-24-9-12-7-13-3-1-5-17(26)25(13)14(8-12)10-24/h1-6,12,14H,7-11H2/t12-,14-/m0/s1. The molecular formula is C19H18ClN5O2. The van der Waals surface area contributed by atoms with E-state index >= 15 is 0 Å². The highest BCUT2D eigenvalue weighted by molar-refractivity contribution is 6.31. The molecule has 1 fully saturated rings. The van der Waals surface area contributed by atoms with Gasteiger partial charge < -0.3 is 9.09 Å². The lowest BCUT2D eigenvalue weighted by atomic mass is 9.86. The number of likely N-dealkylation sites (tertiary alicyclic amines) is 1. The van der Waals surface area contributed by atoms with Gasteiger partial charge in [-0.15, -0.1) is 0 Å². The third kappa shape index (κ3) is 3.07. The van der Waals surface area contributed by atoms with E-state index < -0.39 is 0 Å². The minimum atomic E-state index is 0.0871. The molecule has 138 valence electrons. The zero-order valence-corrected chi connectivity index (χ0v) is 15.3. The van der Waals surface area contributed by atoms with Gasteiger partial charge in [0.2, 0.25) is 11.7 Å². The Morgan fingerprint density at radius 2 is 2.15 bits per heavy atom. The number of halogens is 1. The van der Waals surface area contributed by atoms with Gasteiger partial charge in [0.15, 0.2) is 0 Å². The second-order valence-corrected chi connectivity index (χ2v) is 7.59. The third-order valence-electron chi connectivity index (χ3n) is 5.35. The fourth-order valence-corrected chi connectivity index (χ4v) is 4.53. The van der Waals surface area contributed by atoms with Crippen molar-refractivity contribution in [2.24, 2.45) is 5.92 Å². The molecule has 2 atom stereocenters. The summed E-state index contributed by atoms with van der Waals surface area (Å²) < 4.78 is 7.39. The molecule has 0 aliphatic carbocycles. The molecule has 7 nitrogen and oxygen atoms in total. The molecular weight excluding hydrogens is 366 g/mol. The van der Waals surface area contributed by atoms with Gasteiger partial charge in [-0.05, 0) is 37.0 Å². The Morgan fingerprint density at radius 1 is 1.22 bits per heavy atom. The van der Waals surface area contributed by atoms with E-state index in [1.807, 2.05) is 16.7 Å². The largest absolute Gasteiger partial charge is 0.338 e. The third-order valence-corrected chi connectivity index (χ3v) is 5.66. The van der Waals surface area contributed by atoms with E-state index in [0.717, 1.165) is 31.6 Å². The Labute approximate surface area is 160 Å². The van der Waals surface area contributed by atoms with E-state index in [0.29, 0.717) is 34.9 Å². The second kappa shape index (κ2) is 6.58. The number of aromatic nitrogens is 4. The van der Waals surface area contributed by atoms with Gasteiger partial charge in [-0.1, -0.05) is 22.8 Å². The van der Waals surface area contributed by atoms with E-state index in [-0.39, 0.29) is 11.6 Å². The van der Waals surface area contributed by atoms with E-state index in [1.165, 1.54) is 0 Å². The normalized spacial score (nSPS) is 21.8. The van der Waals surface area contributed by atoms with Gasteiger partial charge in [-0.2, -0.15) is 4.98 Å². The molecule has 1 saturated heterocycles. The van der Waals surface area contributed by atoms with Crippen molar-refractivity contribution < 1.29 is 4.52 Å². The van der Waals surface area contributed by atoms with Gasteiger partial charge in [-0.25, -0.2) is 4.98 Å². The minimum Gasteiger partial charge on any atom is -0.338 e. The van der Waals surface area contributed by atoms with Crippen LogP contribution in [0.25, 0.3) is 11.4 Å². The molecule has 2 bridgehead atoms. The van der Waals surface area contributed by atoms with E-state index in [1.54, 1.807) is 18.3 Å². The van der Waals surface area contributed by atoms with E-state index in [4.69, 9.17) is 16.1 Å². The van der Waals surface area contributed by atoms with E-state index in [2.05, 4.69) is 26.1 Å². The molecule has 0 saturated carbocycles. The first kappa shape index (κ1) is 16.6. The van der Waals surface area contributed by atoms with Crippen molar-refractivity contribution in [1.29, 1.82) is 0 Å². The molecule has 0 radical (unpaired) electrons. The van der Waals surface area contributed by atoms with Crippen LogP contribution < -0.4 is 5.56 Å². The second-order valence-electron chi connectivity index (χ2n) is 7.23. The maximum absolute atomic E-state index is 12.3. The molecule has 5 rings (SSSR count). The van der Waals surface area contributed by atoms with Gasteiger partial charge in [0.05, 0.1) is 12.1 Å². The van der Waals surface area contributed by atoms with Crippen molar-refractivity contribution in [2.45, 2.75) is 25.4 Å². The summed E-state index contributed by atoms with van der Waals surface area (Å²) in [4.78, 5) is 23.1. The van der Waals surface area contributed by atoms with Crippen molar-refractivity contribution in [1.82, 2.24) is 24.6 Å². The summed E-state index contributed by atoms with van der Waals surface area (Å²) in [5.41, 5.74) is 1.89. The number of fused-ring (bicyclic) bond motifs is 4. The smallest absolute Gasteiger partial charge is 0.251 e. The molecule has 3 aromatic heterocycles. The maximum atomic E-state index is 12.3. The molecule has 0 aromatic carbocycles. The average Bonchev–Trinajstić information content (AvgIpc) is 3.10. The predicted molar refractivity (Wildman–Crippen MR) is 99.4 cm³/mol. The molecule has 0 unspecified atom stereocenters. The van der Waals surface area contributed by atoms with Crippen molar-refractivity contribution >= 4 is 11.6 Å². The Balaban J connectivity index is 1.36. The summed E-state index contributed by atoms with van der Waals surface area (Å²) in [5.74, 6) is 1.54. The quantitative estimate of drug-likeness (QED) is 0.647. The van der Waals surface area contributed by atoms with Crippen molar-refractivity contribution in [3.05, 3.63) is 63.6 Å². The predicted octanol–water partition coefficient (Wildman–Crippen LogP) is 2.57. The molecule has 0 N–H and O–H groups in total. The number of hydrogen-bond donors (Lipinski definition) is 0. The molecule has 0 spiro atoms. The molecule has 3 aromatic rings. The van der Waals surface area contributed by atoms with Gasteiger partial charge in [-0.3, -0.25) is 9.69 Å². The number of hydrogen-bond acceptors (Lipinski definition) is 6. The van der Waals surface area contributed by atoms with E-state index in [9.17, 15) is 4.79 Å². The summed E-state index contributed by atoms with van der Waals surface area (Å²) in [6.45, 7) is 2.33. The topological polar surface area (TPSA) is 77.1 Å². The highest BCUT2D eigenvalue weighted by atomic mass is 35.5. The van der Waals surface area contributed by atoms with Crippen LogP contribution in [0, 0.1) is 5.92 Å². The Kier molecular flexibility index (Phi) is 4.06. The van der Waals surface area contributed by atoms with Crippen molar-refractivity contribution in [3.8, 4) is 11.4 Å². The number of nitrogens with zero attached hydrogens (tertiary/aromatic N) is 5. The highest BCUT2D eigenvalue weighted by Crippen LogP contribution is 2.33. The molecule has 0 amide bonds. The number of rotatable bonds is 3. The summed E-state index contributed by atoms with van der Waals surface area (Å²) >= 11 is 6.11. The first-order chi connectivity index (χ1) is 13.2. The maximum Gasteiger partial charge on any atom is 0.251 e. The lowest BCUT2D eigenvalue weighted by molar-refractivity contribution is 0.0902. The van der Waals surface area contributed by atoms with Crippen LogP contribution in [0.2, 0.25) is 5.15 Å². The lowest BCUT2D eigenvalue weighted by Crippen LogP contribution is -2.48. The summed E-state index contributed by atoms with van der Waals surface area (Å²) in [6, 6.07) is 9.38. The Hall–Kier alpha value is -2.51. The van der Waals surface area contributed by atoms with Gasteiger partial charge in [0.25, 0.3) is 5.56 Å². The van der Waals surface area contributed by atoms with Crippen LogP contribution in [0.1, 0.15) is 24.0 Å². The molecule has 5 heterocycles. The highest BCUT2D eigenvalue weighted by Gasteiger charge is 2.34. The number of pyridine rings is 2. The fraction of sp³-hybridized carbons (Fsp3) is 0.368. The van der Waals surface area contributed by atoms with Crippen LogP contribution in [0.15, 0.2) is 45.8 Å². The minimum absolute atomic E-state index is 0.0871. The molecule has 2 aliphatic rings.